The van der Waals surface area contributed by atoms with Gasteiger partial charge in [-0.1, -0.05) is 15.9 Å². The summed E-state index contributed by atoms with van der Waals surface area (Å²) < 4.78 is 2.90. The number of nitrogens with two attached hydrogens (primary N) is 1. The van der Waals surface area contributed by atoms with Crippen molar-refractivity contribution in [2.75, 3.05) is 17.6 Å². The van der Waals surface area contributed by atoms with Crippen molar-refractivity contribution in [3.05, 3.63) is 40.6 Å². The summed E-state index contributed by atoms with van der Waals surface area (Å²) in [5.41, 5.74) is 8.80. The fourth-order valence-electron chi connectivity index (χ4n) is 1.65. The van der Waals surface area contributed by atoms with Gasteiger partial charge in [0.25, 0.3) is 0 Å². The zero-order chi connectivity index (χ0) is 12.3. The highest BCUT2D eigenvalue weighted by Crippen LogP contribution is 2.23. The summed E-state index contributed by atoms with van der Waals surface area (Å²) in [6, 6.07) is 7.82. The molecule has 17 heavy (non-hydrogen) atoms. The third-order valence-corrected chi connectivity index (χ3v) is 3.13. The summed E-state index contributed by atoms with van der Waals surface area (Å²) in [6.07, 6.45) is 2.73. The normalized spacial score (nSPS) is 10.5. The van der Waals surface area contributed by atoms with Crippen molar-refractivity contribution in [1.29, 1.82) is 0 Å². The number of nitrogen functional groups attached to an aromatic ring is 1. The Kier molecular flexibility index (Phi) is 3.68. The van der Waals surface area contributed by atoms with Gasteiger partial charge < -0.3 is 11.1 Å². The van der Waals surface area contributed by atoms with Gasteiger partial charge in [-0.05, 0) is 24.3 Å². The second-order valence-electron chi connectivity index (χ2n) is 3.85. The predicted octanol–water partition coefficient (Wildman–Crippen LogP) is 2.42. The van der Waals surface area contributed by atoms with Gasteiger partial charge >= 0.3 is 0 Å². The maximum absolute atomic E-state index is 5.88. The van der Waals surface area contributed by atoms with Gasteiger partial charge in [-0.2, -0.15) is 5.10 Å². The quantitative estimate of drug-likeness (QED) is 0.852. The van der Waals surface area contributed by atoms with E-state index >= 15 is 0 Å². The summed E-state index contributed by atoms with van der Waals surface area (Å²) in [6.45, 7) is 0.834. The number of nitrogens with one attached hydrogen (secondary N) is 1. The molecule has 3 N–H and O–H groups in total. The molecule has 0 spiro atoms. The van der Waals surface area contributed by atoms with Crippen LogP contribution in [0.25, 0.3) is 0 Å². The molecule has 0 fully saturated rings. The van der Waals surface area contributed by atoms with E-state index in [9.17, 15) is 0 Å². The van der Waals surface area contributed by atoms with E-state index in [0.29, 0.717) is 0 Å². The molecule has 5 heteroatoms. The second-order valence-corrected chi connectivity index (χ2v) is 4.77. The van der Waals surface area contributed by atoms with E-state index in [2.05, 4.69) is 26.3 Å². The van der Waals surface area contributed by atoms with Gasteiger partial charge in [-0.15, -0.1) is 0 Å². The Labute approximate surface area is 109 Å². The molecule has 90 valence electrons. The van der Waals surface area contributed by atoms with E-state index in [0.717, 1.165) is 28.8 Å². The van der Waals surface area contributed by atoms with E-state index < -0.39 is 0 Å². The van der Waals surface area contributed by atoms with Crippen LogP contribution in [0.5, 0.6) is 0 Å². The molecule has 0 amide bonds. The average molecular weight is 295 g/mol. The summed E-state index contributed by atoms with van der Waals surface area (Å²) in [7, 11) is 1.95. The largest absolute Gasteiger partial charge is 0.397 e. The van der Waals surface area contributed by atoms with Crippen LogP contribution in [-0.2, 0) is 13.5 Å². The van der Waals surface area contributed by atoms with E-state index in [1.165, 1.54) is 5.69 Å². The topological polar surface area (TPSA) is 55.9 Å². The molecule has 0 unspecified atom stereocenters. The minimum absolute atomic E-state index is 0.762. The lowest BCUT2D eigenvalue weighted by atomic mass is 10.2. The molecule has 0 aliphatic heterocycles. The van der Waals surface area contributed by atoms with Crippen LogP contribution in [0.3, 0.4) is 0 Å². The molecule has 0 radical (unpaired) electrons. The number of hydrogen-bond acceptors (Lipinski definition) is 3. The first kappa shape index (κ1) is 12.0. The fraction of sp³-hybridized carbons (Fsp3) is 0.250. The van der Waals surface area contributed by atoms with Gasteiger partial charge in [0.05, 0.1) is 11.4 Å². The van der Waals surface area contributed by atoms with Crippen LogP contribution < -0.4 is 11.1 Å². The molecule has 1 heterocycles. The first-order valence-corrected chi connectivity index (χ1v) is 6.22. The van der Waals surface area contributed by atoms with Gasteiger partial charge in [0, 0.05) is 36.4 Å². The first-order chi connectivity index (χ1) is 8.16. The lowest BCUT2D eigenvalue weighted by molar-refractivity contribution is 0.711. The smallest absolute Gasteiger partial charge is 0.0585 e. The van der Waals surface area contributed by atoms with Gasteiger partial charge in [0.15, 0.2) is 0 Å². The average Bonchev–Trinajstić information content (AvgIpc) is 2.70. The summed E-state index contributed by atoms with van der Waals surface area (Å²) in [4.78, 5) is 0. The highest BCUT2D eigenvalue weighted by atomic mass is 79.9. The number of hydrogen-bond donors (Lipinski definition) is 2. The van der Waals surface area contributed by atoms with Crippen molar-refractivity contribution in [2.24, 2.45) is 7.05 Å². The van der Waals surface area contributed by atoms with Gasteiger partial charge in [-0.3, -0.25) is 4.68 Å². The van der Waals surface area contributed by atoms with Crippen molar-refractivity contribution in [2.45, 2.75) is 6.42 Å². The number of anilines is 2. The molecule has 0 bridgehead atoms. The van der Waals surface area contributed by atoms with Crippen molar-refractivity contribution in [1.82, 2.24) is 9.78 Å². The molecule has 0 aliphatic rings. The maximum atomic E-state index is 5.88. The highest BCUT2D eigenvalue weighted by molar-refractivity contribution is 9.10. The Balaban J connectivity index is 1.94. The Hall–Kier alpha value is -1.49. The van der Waals surface area contributed by atoms with Gasteiger partial charge in [0.2, 0.25) is 0 Å². The van der Waals surface area contributed by atoms with E-state index in [-0.39, 0.29) is 0 Å². The van der Waals surface area contributed by atoms with Crippen LogP contribution >= 0.6 is 15.9 Å². The molecular weight excluding hydrogens is 280 g/mol. The molecule has 4 nitrogen and oxygen atoms in total. The Morgan fingerprint density at radius 1 is 1.41 bits per heavy atom. The van der Waals surface area contributed by atoms with E-state index in [1.54, 1.807) is 0 Å². The number of aromatic nitrogens is 2. The molecule has 0 aliphatic carbocycles. The number of nitrogens with zero attached hydrogens (tertiary/aromatic N) is 2. The van der Waals surface area contributed by atoms with Crippen LogP contribution in [0.4, 0.5) is 11.4 Å². The minimum atomic E-state index is 0.762. The number of rotatable bonds is 4. The zero-order valence-electron chi connectivity index (χ0n) is 9.65. The number of halogens is 1. The van der Waals surface area contributed by atoms with Crippen molar-refractivity contribution in [3.63, 3.8) is 0 Å². The third kappa shape index (κ3) is 3.00. The predicted molar refractivity (Wildman–Crippen MR) is 74.0 cm³/mol. The number of benzene rings is 1. The van der Waals surface area contributed by atoms with Gasteiger partial charge in [-0.25, -0.2) is 0 Å². The molecular formula is C12H15BrN4. The SMILES string of the molecule is Cn1nccc1CCNc1cc(Br)ccc1N. The Morgan fingerprint density at radius 2 is 2.24 bits per heavy atom. The summed E-state index contributed by atoms with van der Waals surface area (Å²) in [5.74, 6) is 0. The van der Waals surface area contributed by atoms with Gasteiger partial charge in [0.1, 0.15) is 0 Å². The monoisotopic (exact) mass is 294 g/mol. The van der Waals surface area contributed by atoms with Crippen molar-refractivity contribution in [3.8, 4) is 0 Å². The van der Waals surface area contributed by atoms with E-state index in [4.69, 9.17) is 5.73 Å². The fourth-order valence-corrected chi connectivity index (χ4v) is 2.01. The molecule has 1 aromatic heterocycles. The van der Waals surface area contributed by atoms with Crippen LogP contribution in [0.15, 0.2) is 34.9 Å². The maximum Gasteiger partial charge on any atom is 0.0585 e. The summed E-state index contributed by atoms with van der Waals surface area (Å²) >= 11 is 3.43. The zero-order valence-corrected chi connectivity index (χ0v) is 11.2. The minimum Gasteiger partial charge on any atom is -0.397 e. The first-order valence-electron chi connectivity index (χ1n) is 5.42. The molecule has 2 aromatic rings. The molecule has 2 rings (SSSR count). The van der Waals surface area contributed by atoms with Crippen LogP contribution in [0.2, 0.25) is 0 Å². The molecule has 1 aromatic carbocycles. The Morgan fingerprint density at radius 3 is 2.94 bits per heavy atom. The van der Waals surface area contributed by atoms with Crippen LogP contribution in [-0.4, -0.2) is 16.3 Å². The highest BCUT2D eigenvalue weighted by Gasteiger charge is 2.01. The number of aryl methyl sites for hydroxylation is 1. The van der Waals surface area contributed by atoms with Crippen LogP contribution in [0.1, 0.15) is 5.69 Å². The lowest BCUT2D eigenvalue weighted by Gasteiger charge is -2.09. The molecule has 0 saturated heterocycles. The van der Waals surface area contributed by atoms with Crippen LogP contribution in [0, 0.1) is 0 Å². The standard InChI is InChI=1S/C12H15BrN4/c1-17-10(5-7-16-17)4-6-15-12-8-9(13)2-3-11(12)14/h2-3,5,7-8,15H,4,6,14H2,1H3. The third-order valence-electron chi connectivity index (χ3n) is 2.63. The van der Waals surface area contributed by atoms with E-state index in [1.807, 2.05) is 42.2 Å². The molecule has 0 saturated carbocycles. The lowest BCUT2D eigenvalue weighted by Crippen LogP contribution is -2.09. The van der Waals surface area contributed by atoms with Crippen molar-refractivity contribution < 1.29 is 0 Å². The Bertz CT molecular complexity index is 507. The second kappa shape index (κ2) is 5.23. The summed E-state index contributed by atoms with van der Waals surface area (Å²) in [5, 5.41) is 7.45. The van der Waals surface area contributed by atoms with Crippen molar-refractivity contribution >= 4 is 27.3 Å². The molecule has 0 atom stereocenters.